The predicted octanol–water partition coefficient (Wildman–Crippen LogP) is 0.981. The number of halogens is 1. The van der Waals surface area contributed by atoms with Gasteiger partial charge in [-0.2, -0.15) is 0 Å². The number of nitrogens with zero attached hydrogens (tertiary/aromatic N) is 1. The number of hydrogen-bond donors (Lipinski definition) is 2. The summed E-state index contributed by atoms with van der Waals surface area (Å²) in [6, 6.07) is 5.47. The zero-order valence-corrected chi connectivity index (χ0v) is 10.5. The van der Waals surface area contributed by atoms with Gasteiger partial charge in [-0.1, -0.05) is 19.1 Å². The molecule has 0 aromatic heterocycles. The molecule has 1 aromatic carbocycles. The van der Waals surface area contributed by atoms with Gasteiger partial charge < -0.3 is 15.1 Å². The number of hydrogen-bond acceptors (Lipinski definition) is 3. The highest BCUT2D eigenvalue weighted by Gasteiger charge is 2.22. The van der Waals surface area contributed by atoms with Gasteiger partial charge in [-0.15, -0.1) is 0 Å². The molecule has 0 radical (unpaired) electrons. The molecule has 0 fully saturated rings. The third-order valence-electron chi connectivity index (χ3n) is 2.68. The van der Waals surface area contributed by atoms with Crippen molar-refractivity contribution in [2.24, 2.45) is 5.92 Å². The largest absolute Gasteiger partial charge is 0.481 e. The summed E-state index contributed by atoms with van der Waals surface area (Å²) < 4.78 is 13.5. The van der Waals surface area contributed by atoms with Crippen LogP contribution in [0, 0.1) is 11.7 Å². The van der Waals surface area contributed by atoms with Crippen LogP contribution < -0.4 is 0 Å². The molecule has 2 N–H and O–H groups in total. The van der Waals surface area contributed by atoms with Crippen LogP contribution >= 0.6 is 0 Å². The van der Waals surface area contributed by atoms with E-state index in [-0.39, 0.29) is 25.3 Å². The van der Waals surface area contributed by atoms with Crippen LogP contribution in [0.15, 0.2) is 24.3 Å². The van der Waals surface area contributed by atoms with E-state index < -0.39 is 23.6 Å². The van der Waals surface area contributed by atoms with Crippen molar-refractivity contribution in [3.63, 3.8) is 0 Å². The first-order chi connectivity index (χ1) is 8.97. The molecule has 5 nitrogen and oxygen atoms in total. The van der Waals surface area contributed by atoms with Gasteiger partial charge in [0.15, 0.2) is 0 Å². The van der Waals surface area contributed by atoms with Crippen LogP contribution in [0.25, 0.3) is 0 Å². The molecule has 19 heavy (non-hydrogen) atoms. The fourth-order valence-electron chi connectivity index (χ4n) is 1.61. The number of carboxylic acid groups (broad SMARTS) is 1. The topological polar surface area (TPSA) is 77.8 Å². The van der Waals surface area contributed by atoms with E-state index in [9.17, 15) is 14.0 Å². The Morgan fingerprint density at radius 3 is 2.53 bits per heavy atom. The van der Waals surface area contributed by atoms with E-state index in [2.05, 4.69) is 0 Å². The van der Waals surface area contributed by atoms with Gasteiger partial charge in [0.2, 0.25) is 0 Å². The Bertz CT molecular complexity index is 464. The van der Waals surface area contributed by atoms with Crippen molar-refractivity contribution in [1.29, 1.82) is 0 Å². The number of aliphatic carboxylic acids is 1. The second-order valence-electron chi connectivity index (χ2n) is 4.19. The van der Waals surface area contributed by atoms with E-state index in [4.69, 9.17) is 10.2 Å². The molecule has 0 spiro atoms. The molecule has 0 heterocycles. The predicted molar refractivity (Wildman–Crippen MR) is 66.2 cm³/mol. The zero-order chi connectivity index (χ0) is 14.4. The summed E-state index contributed by atoms with van der Waals surface area (Å²) in [5.41, 5.74) is -0.131. The summed E-state index contributed by atoms with van der Waals surface area (Å²) in [6.45, 7) is 1.02. The second kappa shape index (κ2) is 6.84. The maximum absolute atomic E-state index is 13.5. The molecule has 1 aromatic rings. The molecule has 0 saturated heterocycles. The molecule has 1 amide bonds. The third kappa shape index (κ3) is 4.03. The lowest BCUT2D eigenvalue weighted by Gasteiger charge is -2.23. The molecule has 0 aliphatic heterocycles. The Morgan fingerprint density at radius 1 is 1.37 bits per heavy atom. The quantitative estimate of drug-likeness (QED) is 0.807. The van der Waals surface area contributed by atoms with Gasteiger partial charge >= 0.3 is 5.97 Å². The Hall–Kier alpha value is -1.95. The minimum atomic E-state index is -1.05. The summed E-state index contributed by atoms with van der Waals surface area (Å²) in [6.07, 6.45) is 0. The number of benzene rings is 1. The molecule has 104 valence electrons. The lowest BCUT2D eigenvalue weighted by atomic mass is 10.1. The normalized spacial score (nSPS) is 11.9. The number of aliphatic hydroxyl groups excluding tert-OH is 1. The fraction of sp³-hybridized carbons (Fsp3) is 0.385. The average Bonchev–Trinajstić information content (AvgIpc) is 2.37. The molecular formula is C13H16FNO4. The summed E-state index contributed by atoms with van der Waals surface area (Å²) >= 11 is 0. The molecule has 0 aliphatic rings. The van der Waals surface area contributed by atoms with Crippen molar-refractivity contribution >= 4 is 11.9 Å². The van der Waals surface area contributed by atoms with Crippen LogP contribution in [-0.4, -0.2) is 46.7 Å². The first-order valence-corrected chi connectivity index (χ1v) is 5.84. The summed E-state index contributed by atoms with van der Waals surface area (Å²) in [4.78, 5) is 24.0. The summed E-state index contributed by atoms with van der Waals surface area (Å²) in [5.74, 6) is -3.13. The SMILES string of the molecule is CC(CN(CCO)C(=O)c1ccccc1F)C(=O)O. The number of carbonyl (C=O) groups is 2. The highest BCUT2D eigenvalue weighted by Crippen LogP contribution is 2.11. The first kappa shape index (κ1) is 15.1. The number of rotatable bonds is 6. The lowest BCUT2D eigenvalue weighted by molar-refractivity contribution is -0.141. The lowest BCUT2D eigenvalue weighted by Crippen LogP contribution is -2.39. The Labute approximate surface area is 110 Å². The van der Waals surface area contributed by atoms with E-state index in [1.807, 2.05) is 0 Å². The number of aliphatic hydroxyl groups is 1. The van der Waals surface area contributed by atoms with Crippen molar-refractivity contribution in [3.8, 4) is 0 Å². The molecule has 6 heteroatoms. The molecule has 0 aliphatic carbocycles. The van der Waals surface area contributed by atoms with E-state index in [0.717, 1.165) is 11.0 Å². The smallest absolute Gasteiger partial charge is 0.308 e. The maximum atomic E-state index is 13.5. The van der Waals surface area contributed by atoms with Gasteiger partial charge in [0.05, 0.1) is 18.1 Å². The van der Waals surface area contributed by atoms with Gasteiger partial charge in [-0.25, -0.2) is 4.39 Å². The second-order valence-corrected chi connectivity index (χ2v) is 4.19. The van der Waals surface area contributed by atoms with Crippen LogP contribution in [0.1, 0.15) is 17.3 Å². The van der Waals surface area contributed by atoms with Crippen LogP contribution in [0.3, 0.4) is 0 Å². The summed E-state index contributed by atoms with van der Waals surface area (Å²) in [5, 5.41) is 17.7. The van der Waals surface area contributed by atoms with E-state index in [1.54, 1.807) is 0 Å². The molecule has 1 unspecified atom stereocenters. The van der Waals surface area contributed by atoms with Crippen LogP contribution in [0.4, 0.5) is 4.39 Å². The van der Waals surface area contributed by atoms with Crippen LogP contribution in [0.5, 0.6) is 0 Å². The number of carboxylic acids is 1. The van der Waals surface area contributed by atoms with Crippen molar-refractivity contribution in [1.82, 2.24) is 4.90 Å². The molecule has 1 rings (SSSR count). The van der Waals surface area contributed by atoms with E-state index >= 15 is 0 Å². The molecular weight excluding hydrogens is 253 g/mol. The van der Waals surface area contributed by atoms with Crippen LogP contribution in [0.2, 0.25) is 0 Å². The molecule has 0 bridgehead atoms. The highest BCUT2D eigenvalue weighted by atomic mass is 19.1. The van der Waals surface area contributed by atoms with Crippen molar-refractivity contribution < 1.29 is 24.2 Å². The van der Waals surface area contributed by atoms with Gasteiger partial charge in [0.25, 0.3) is 5.91 Å². The minimum Gasteiger partial charge on any atom is -0.481 e. The van der Waals surface area contributed by atoms with Crippen molar-refractivity contribution in [2.75, 3.05) is 19.7 Å². The third-order valence-corrected chi connectivity index (χ3v) is 2.68. The molecule has 0 saturated carbocycles. The van der Waals surface area contributed by atoms with Gasteiger partial charge in [-0.05, 0) is 12.1 Å². The zero-order valence-electron chi connectivity index (χ0n) is 10.5. The van der Waals surface area contributed by atoms with E-state index in [1.165, 1.54) is 25.1 Å². The van der Waals surface area contributed by atoms with Crippen molar-refractivity contribution in [3.05, 3.63) is 35.6 Å². The number of amides is 1. The summed E-state index contributed by atoms with van der Waals surface area (Å²) in [7, 11) is 0. The fourth-order valence-corrected chi connectivity index (χ4v) is 1.61. The van der Waals surface area contributed by atoms with Crippen LogP contribution in [-0.2, 0) is 4.79 Å². The Kier molecular flexibility index (Phi) is 5.44. The van der Waals surface area contributed by atoms with Crippen molar-refractivity contribution in [2.45, 2.75) is 6.92 Å². The standard InChI is InChI=1S/C13H16FNO4/c1-9(13(18)19)8-15(6-7-16)12(17)10-4-2-3-5-11(10)14/h2-5,9,16H,6-8H2,1H3,(H,18,19). The number of carbonyl (C=O) groups excluding carboxylic acids is 1. The van der Waals surface area contributed by atoms with Gasteiger partial charge in [-0.3, -0.25) is 9.59 Å². The van der Waals surface area contributed by atoms with Gasteiger partial charge in [0, 0.05) is 13.1 Å². The maximum Gasteiger partial charge on any atom is 0.308 e. The van der Waals surface area contributed by atoms with Gasteiger partial charge in [0.1, 0.15) is 5.82 Å². The Balaban J connectivity index is 2.90. The monoisotopic (exact) mass is 269 g/mol. The highest BCUT2D eigenvalue weighted by molar-refractivity contribution is 5.94. The minimum absolute atomic E-state index is 0.0369. The molecule has 1 atom stereocenters. The van der Waals surface area contributed by atoms with E-state index in [0.29, 0.717) is 0 Å². The Morgan fingerprint density at radius 2 is 2.00 bits per heavy atom. The average molecular weight is 269 g/mol. The first-order valence-electron chi connectivity index (χ1n) is 5.84.